The number of carboxylic acid groups (broad SMARTS) is 1. The van der Waals surface area contributed by atoms with E-state index in [1.807, 2.05) is 11.9 Å². The smallest absolute Gasteiger partial charge is 0.331 e. The van der Waals surface area contributed by atoms with E-state index in [0.717, 1.165) is 12.8 Å². The highest BCUT2D eigenvalue weighted by molar-refractivity contribution is 5.74. The summed E-state index contributed by atoms with van der Waals surface area (Å²) in [4.78, 5) is 24.2. The second-order valence-corrected chi connectivity index (χ2v) is 5.18. The molecule has 2 N–H and O–H groups in total. The van der Waals surface area contributed by atoms with Crippen LogP contribution in [0.2, 0.25) is 0 Å². The van der Waals surface area contributed by atoms with Crippen LogP contribution in [0.15, 0.2) is 0 Å². The van der Waals surface area contributed by atoms with Crippen LogP contribution in [0.1, 0.15) is 46.5 Å². The maximum Gasteiger partial charge on any atom is 0.331 e. The third kappa shape index (κ3) is 4.70. The van der Waals surface area contributed by atoms with Gasteiger partial charge in [0.1, 0.15) is 0 Å². The molecule has 0 saturated carbocycles. The summed E-state index contributed by atoms with van der Waals surface area (Å²) in [5.41, 5.74) is 2.92. The number of carboxylic acids is 1. The topological polar surface area (TPSA) is 72.9 Å². The van der Waals surface area contributed by atoms with E-state index in [0.29, 0.717) is 18.6 Å². The number of amides is 2. The molecule has 1 aliphatic rings. The van der Waals surface area contributed by atoms with Crippen LogP contribution in [0, 0.1) is 0 Å². The quantitative estimate of drug-likeness (QED) is 0.798. The molecule has 110 valence electrons. The van der Waals surface area contributed by atoms with Gasteiger partial charge in [0.15, 0.2) is 0 Å². The van der Waals surface area contributed by atoms with E-state index in [1.165, 1.54) is 11.3 Å². The number of hydrogen-bond acceptors (Lipinski definition) is 3. The van der Waals surface area contributed by atoms with Crippen molar-refractivity contribution in [3.8, 4) is 0 Å². The largest absolute Gasteiger partial charge is 0.481 e. The molecule has 19 heavy (non-hydrogen) atoms. The van der Waals surface area contributed by atoms with E-state index in [1.54, 1.807) is 0 Å². The van der Waals surface area contributed by atoms with Crippen molar-refractivity contribution < 1.29 is 14.7 Å². The molecular formula is C13H25N3O3. The molecule has 2 amide bonds. The predicted octanol–water partition coefficient (Wildman–Crippen LogP) is 1.67. The van der Waals surface area contributed by atoms with Crippen molar-refractivity contribution in [2.24, 2.45) is 0 Å². The van der Waals surface area contributed by atoms with Gasteiger partial charge in [0.25, 0.3) is 0 Å². The minimum Gasteiger partial charge on any atom is -0.481 e. The molecule has 0 bridgehead atoms. The van der Waals surface area contributed by atoms with Crippen LogP contribution < -0.4 is 5.43 Å². The summed E-state index contributed by atoms with van der Waals surface area (Å²) >= 11 is 0. The second-order valence-electron chi connectivity index (χ2n) is 5.18. The first kappa shape index (κ1) is 15.8. The number of rotatable bonds is 5. The van der Waals surface area contributed by atoms with Crippen molar-refractivity contribution in [2.75, 3.05) is 13.1 Å². The van der Waals surface area contributed by atoms with Gasteiger partial charge in [0.2, 0.25) is 0 Å². The highest BCUT2D eigenvalue weighted by Crippen LogP contribution is 2.20. The zero-order chi connectivity index (χ0) is 14.4. The molecule has 1 saturated heterocycles. The maximum absolute atomic E-state index is 12.1. The molecule has 6 heteroatoms. The zero-order valence-corrected chi connectivity index (χ0v) is 12.1. The number of urea groups is 1. The van der Waals surface area contributed by atoms with Crippen molar-refractivity contribution in [1.29, 1.82) is 0 Å². The van der Waals surface area contributed by atoms with Crippen LogP contribution in [-0.4, -0.2) is 52.2 Å². The SMILES string of the molecule is CCN(CCC(=O)O)C(=O)NN1C(C)CCCC1C. The lowest BCUT2D eigenvalue weighted by molar-refractivity contribution is -0.137. The molecule has 2 atom stereocenters. The summed E-state index contributed by atoms with van der Waals surface area (Å²) in [6.45, 7) is 6.81. The third-order valence-electron chi connectivity index (χ3n) is 3.68. The minimum absolute atomic E-state index is 0.0215. The van der Waals surface area contributed by atoms with Crippen LogP contribution >= 0.6 is 0 Å². The van der Waals surface area contributed by atoms with Crippen LogP contribution in [0.25, 0.3) is 0 Å². The highest BCUT2D eigenvalue weighted by atomic mass is 16.4. The Balaban J connectivity index is 2.52. The van der Waals surface area contributed by atoms with E-state index in [2.05, 4.69) is 19.3 Å². The number of carbonyl (C=O) groups excluding carboxylic acids is 1. The number of hydrazine groups is 1. The Morgan fingerprint density at radius 1 is 1.32 bits per heavy atom. The first-order valence-corrected chi connectivity index (χ1v) is 7.01. The minimum atomic E-state index is -0.883. The van der Waals surface area contributed by atoms with Gasteiger partial charge in [-0.2, -0.15) is 0 Å². The maximum atomic E-state index is 12.1. The Kier molecular flexibility index (Phi) is 6.08. The summed E-state index contributed by atoms with van der Waals surface area (Å²) in [5.74, 6) is -0.883. The normalized spacial score (nSPS) is 23.9. The number of nitrogens with one attached hydrogen (secondary N) is 1. The summed E-state index contributed by atoms with van der Waals surface area (Å²) in [6, 6.07) is 0.445. The number of hydrogen-bond donors (Lipinski definition) is 2. The van der Waals surface area contributed by atoms with Gasteiger partial charge >= 0.3 is 12.0 Å². The first-order valence-electron chi connectivity index (χ1n) is 7.01. The van der Waals surface area contributed by atoms with Gasteiger partial charge in [-0.25, -0.2) is 9.80 Å². The molecule has 2 unspecified atom stereocenters. The van der Waals surface area contributed by atoms with E-state index in [9.17, 15) is 9.59 Å². The van der Waals surface area contributed by atoms with Gasteiger partial charge in [-0.1, -0.05) is 6.42 Å². The Bertz CT molecular complexity index is 312. The lowest BCUT2D eigenvalue weighted by Gasteiger charge is -2.39. The third-order valence-corrected chi connectivity index (χ3v) is 3.68. The fraction of sp³-hybridized carbons (Fsp3) is 0.846. The summed E-state index contributed by atoms with van der Waals surface area (Å²) < 4.78 is 0. The molecule has 0 aliphatic carbocycles. The molecule has 0 aromatic rings. The lowest BCUT2D eigenvalue weighted by atomic mass is 10.00. The number of carbonyl (C=O) groups is 2. The van der Waals surface area contributed by atoms with Gasteiger partial charge in [0, 0.05) is 25.2 Å². The molecule has 1 fully saturated rings. The number of aliphatic carboxylic acids is 1. The average Bonchev–Trinajstić information content (AvgIpc) is 2.34. The summed E-state index contributed by atoms with van der Waals surface area (Å²) in [6.07, 6.45) is 3.31. The van der Waals surface area contributed by atoms with Gasteiger partial charge < -0.3 is 10.0 Å². The first-order chi connectivity index (χ1) is 8.95. The molecule has 1 aliphatic heterocycles. The Morgan fingerprint density at radius 3 is 2.37 bits per heavy atom. The van der Waals surface area contributed by atoms with Gasteiger partial charge in [0.05, 0.1) is 6.42 Å². The van der Waals surface area contributed by atoms with Crippen LogP contribution in [0.5, 0.6) is 0 Å². The molecular weight excluding hydrogens is 246 g/mol. The van der Waals surface area contributed by atoms with E-state index in [-0.39, 0.29) is 19.0 Å². The van der Waals surface area contributed by atoms with Crippen molar-refractivity contribution in [3.05, 3.63) is 0 Å². The predicted molar refractivity (Wildman–Crippen MR) is 72.6 cm³/mol. The van der Waals surface area contributed by atoms with Crippen molar-refractivity contribution in [2.45, 2.75) is 58.5 Å². The van der Waals surface area contributed by atoms with Crippen molar-refractivity contribution in [1.82, 2.24) is 15.3 Å². The summed E-state index contributed by atoms with van der Waals surface area (Å²) in [5, 5.41) is 10.7. The highest BCUT2D eigenvalue weighted by Gasteiger charge is 2.27. The molecule has 0 spiro atoms. The Hall–Kier alpha value is -1.30. The van der Waals surface area contributed by atoms with Crippen LogP contribution in [0.4, 0.5) is 4.79 Å². The van der Waals surface area contributed by atoms with E-state index >= 15 is 0 Å². The average molecular weight is 271 g/mol. The van der Waals surface area contributed by atoms with Gasteiger partial charge in [-0.3, -0.25) is 10.2 Å². The fourth-order valence-corrected chi connectivity index (χ4v) is 2.46. The molecule has 1 rings (SSSR count). The van der Waals surface area contributed by atoms with Gasteiger partial charge in [-0.05, 0) is 33.6 Å². The Labute approximate surface area is 114 Å². The molecule has 1 heterocycles. The monoisotopic (exact) mass is 271 g/mol. The summed E-state index contributed by atoms with van der Waals surface area (Å²) in [7, 11) is 0. The fourth-order valence-electron chi connectivity index (χ4n) is 2.46. The van der Waals surface area contributed by atoms with E-state index in [4.69, 9.17) is 5.11 Å². The molecule has 0 aromatic carbocycles. The second kappa shape index (κ2) is 7.33. The zero-order valence-electron chi connectivity index (χ0n) is 12.1. The molecule has 6 nitrogen and oxygen atoms in total. The lowest BCUT2D eigenvalue weighted by Crippen LogP contribution is -2.57. The standard InChI is InChI=1S/C13H25N3O3/c1-4-15(9-8-12(17)18)13(19)14-16-10(2)6-5-7-11(16)3/h10-11H,4-9H2,1-3H3,(H,14,19)(H,17,18). The van der Waals surface area contributed by atoms with Crippen LogP contribution in [0.3, 0.4) is 0 Å². The molecule has 0 radical (unpaired) electrons. The van der Waals surface area contributed by atoms with Gasteiger partial charge in [-0.15, -0.1) is 0 Å². The number of nitrogens with zero attached hydrogens (tertiary/aromatic N) is 2. The van der Waals surface area contributed by atoms with E-state index < -0.39 is 5.97 Å². The Morgan fingerprint density at radius 2 is 1.89 bits per heavy atom. The van der Waals surface area contributed by atoms with Crippen molar-refractivity contribution in [3.63, 3.8) is 0 Å². The number of piperidine rings is 1. The van der Waals surface area contributed by atoms with Crippen molar-refractivity contribution >= 4 is 12.0 Å². The van der Waals surface area contributed by atoms with Crippen LogP contribution in [-0.2, 0) is 4.79 Å². The molecule has 0 aromatic heterocycles.